The van der Waals surface area contributed by atoms with Crippen molar-refractivity contribution in [3.63, 3.8) is 0 Å². The Balaban J connectivity index is 2.65. The summed E-state index contributed by atoms with van der Waals surface area (Å²) in [5, 5.41) is 4.87. The van der Waals surface area contributed by atoms with E-state index < -0.39 is 10.0 Å². The number of sulfonamides is 1. The first-order valence-corrected chi connectivity index (χ1v) is 5.62. The number of aryl methyl sites for hydroxylation is 2. The van der Waals surface area contributed by atoms with Crippen molar-refractivity contribution in [2.45, 2.75) is 13.3 Å². The molecule has 0 bridgehead atoms. The highest BCUT2D eigenvalue weighted by Crippen LogP contribution is 1.99. The molecule has 0 radical (unpaired) electrons. The Bertz CT molecular complexity index is 387. The standard InChI is InChI=1S/C8H12N2O2S/c1-7-3-2-4-8(10-7)5-6-13(9,11)12/h2-4H,5-6H2,1H3,(H2,9,11,12). The summed E-state index contributed by atoms with van der Waals surface area (Å²) in [6, 6.07) is 5.50. The van der Waals surface area contributed by atoms with Gasteiger partial charge in [0.25, 0.3) is 0 Å². The number of hydrogen-bond acceptors (Lipinski definition) is 3. The maximum Gasteiger partial charge on any atom is 0.209 e. The summed E-state index contributed by atoms with van der Waals surface area (Å²) in [5.41, 5.74) is 1.64. The molecule has 1 aromatic rings. The molecule has 13 heavy (non-hydrogen) atoms. The van der Waals surface area contributed by atoms with Crippen molar-refractivity contribution in [1.82, 2.24) is 4.98 Å². The summed E-state index contributed by atoms with van der Waals surface area (Å²) in [7, 11) is -3.38. The van der Waals surface area contributed by atoms with Gasteiger partial charge in [-0.2, -0.15) is 0 Å². The van der Waals surface area contributed by atoms with Crippen LogP contribution in [-0.2, 0) is 16.4 Å². The molecule has 1 aromatic heterocycles. The van der Waals surface area contributed by atoms with Crippen molar-refractivity contribution in [2.24, 2.45) is 5.14 Å². The normalized spacial score (nSPS) is 11.5. The van der Waals surface area contributed by atoms with E-state index in [1.54, 1.807) is 6.07 Å². The second-order valence-corrected chi connectivity index (χ2v) is 4.62. The molecule has 0 saturated heterocycles. The number of rotatable bonds is 3. The molecule has 0 unspecified atom stereocenters. The van der Waals surface area contributed by atoms with Crippen LogP contribution in [0.15, 0.2) is 18.2 Å². The van der Waals surface area contributed by atoms with E-state index in [-0.39, 0.29) is 5.75 Å². The Hall–Kier alpha value is -0.940. The molecule has 0 aliphatic heterocycles. The van der Waals surface area contributed by atoms with E-state index in [0.29, 0.717) is 6.42 Å². The number of pyridine rings is 1. The zero-order valence-corrected chi connectivity index (χ0v) is 8.21. The quantitative estimate of drug-likeness (QED) is 0.758. The van der Waals surface area contributed by atoms with E-state index in [0.717, 1.165) is 11.4 Å². The van der Waals surface area contributed by atoms with Gasteiger partial charge in [-0.1, -0.05) is 6.07 Å². The van der Waals surface area contributed by atoms with Gasteiger partial charge in [0.15, 0.2) is 0 Å². The lowest BCUT2D eigenvalue weighted by atomic mass is 10.3. The molecule has 0 aromatic carbocycles. The van der Waals surface area contributed by atoms with Crippen molar-refractivity contribution in [3.05, 3.63) is 29.6 Å². The zero-order chi connectivity index (χ0) is 9.90. The van der Waals surface area contributed by atoms with E-state index in [4.69, 9.17) is 5.14 Å². The van der Waals surface area contributed by atoms with Crippen LogP contribution in [0, 0.1) is 6.92 Å². The molecule has 2 N–H and O–H groups in total. The fourth-order valence-electron chi connectivity index (χ4n) is 0.986. The average Bonchev–Trinajstić information content (AvgIpc) is 2.00. The zero-order valence-electron chi connectivity index (χ0n) is 7.40. The molecule has 0 fully saturated rings. The van der Waals surface area contributed by atoms with Gasteiger partial charge >= 0.3 is 0 Å². The third-order valence-electron chi connectivity index (χ3n) is 1.59. The third-order valence-corrected chi connectivity index (χ3v) is 2.36. The summed E-state index contributed by atoms with van der Waals surface area (Å²) in [6.45, 7) is 1.86. The molecule has 4 nitrogen and oxygen atoms in total. The number of hydrogen-bond donors (Lipinski definition) is 1. The average molecular weight is 200 g/mol. The van der Waals surface area contributed by atoms with Gasteiger partial charge in [-0.05, 0) is 19.1 Å². The highest BCUT2D eigenvalue weighted by Gasteiger charge is 2.03. The molecule has 0 spiro atoms. The Morgan fingerprint density at radius 2 is 2.15 bits per heavy atom. The topological polar surface area (TPSA) is 73.1 Å². The maximum absolute atomic E-state index is 10.6. The molecule has 1 heterocycles. The predicted octanol–water partition coefficient (Wildman–Crippen LogP) is 0.221. The van der Waals surface area contributed by atoms with E-state index in [2.05, 4.69) is 4.98 Å². The fraction of sp³-hybridized carbons (Fsp3) is 0.375. The van der Waals surface area contributed by atoms with Crippen molar-refractivity contribution < 1.29 is 8.42 Å². The molecule has 0 aliphatic rings. The van der Waals surface area contributed by atoms with Crippen LogP contribution >= 0.6 is 0 Å². The number of nitrogens with two attached hydrogens (primary N) is 1. The Labute approximate surface area is 77.8 Å². The SMILES string of the molecule is Cc1cccc(CCS(N)(=O)=O)n1. The molecule has 0 saturated carbocycles. The van der Waals surface area contributed by atoms with Crippen LogP contribution in [0.5, 0.6) is 0 Å². The second-order valence-electron chi connectivity index (χ2n) is 2.89. The van der Waals surface area contributed by atoms with Gasteiger partial charge in [0, 0.05) is 17.8 Å². The minimum Gasteiger partial charge on any atom is -0.258 e. The predicted molar refractivity (Wildman–Crippen MR) is 50.7 cm³/mol. The van der Waals surface area contributed by atoms with Crippen LogP contribution in [0.4, 0.5) is 0 Å². The summed E-state index contributed by atoms with van der Waals surface area (Å²) in [6.07, 6.45) is 0.376. The lowest BCUT2D eigenvalue weighted by Gasteiger charge is -1.99. The molecule has 5 heteroatoms. The monoisotopic (exact) mass is 200 g/mol. The highest BCUT2D eigenvalue weighted by molar-refractivity contribution is 7.89. The first-order chi connectivity index (χ1) is 5.97. The van der Waals surface area contributed by atoms with Gasteiger partial charge in [-0.15, -0.1) is 0 Å². The van der Waals surface area contributed by atoms with Crippen molar-refractivity contribution in [3.8, 4) is 0 Å². The molecular weight excluding hydrogens is 188 g/mol. The van der Waals surface area contributed by atoms with Crippen LogP contribution in [0.1, 0.15) is 11.4 Å². The minimum absolute atomic E-state index is 0.0521. The lowest BCUT2D eigenvalue weighted by molar-refractivity contribution is 0.596. The van der Waals surface area contributed by atoms with Crippen molar-refractivity contribution in [2.75, 3.05) is 5.75 Å². The van der Waals surface area contributed by atoms with Crippen LogP contribution in [0.25, 0.3) is 0 Å². The largest absolute Gasteiger partial charge is 0.258 e. The Kier molecular flexibility index (Phi) is 3.00. The summed E-state index contributed by atoms with van der Waals surface area (Å²) in [4.78, 5) is 4.16. The molecule has 0 amide bonds. The number of primary sulfonamides is 1. The molecule has 0 aliphatic carbocycles. The Morgan fingerprint density at radius 3 is 2.69 bits per heavy atom. The molecule has 1 rings (SSSR count). The van der Waals surface area contributed by atoms with E-state index >= 15 is 0 Å². The summed E-state index contributed by atoms with van der Waals surface area (Å²) < 4.78 is 21.3. The smallest absolute Gasteiger partial charge is 0.209 e. The van der Waals surface area contributed by atoms with E-state index in [1.807, 2.05) is 19.1 Å². The highest BCUT2D eigenvalue weighted by atomic mass is 32.2. The van der Waals surface area contributed by atoms with Crippen LogP contribution in [-0.4, -0.2) is 19.2 Å². The van der Waals surface area contributed by atoms with Gasteiger partial charge in [-0.25, -0.2) is 13.6 Å². The van der Waals surface area contributed by atoms with E-state index in [1.165, 1.54) is 0 Å². The fourth-order valence-corrected chi connectivity index (χ4v) is 1.48. The first kappa shape index (κ1) is 10.1. The Morgan fingerprint density at radius 1 is 1.46 bits per heavy atom. The van der Waals surface area contributed by atoms with Gasteiger partial charge < -0.3 is 0 Å². The first-order valence-electron chi connectivity index (χ1n) is 3.90. The van der Waals surface area contributed by atoms with Crippen LogP contribution in [0.3, 0.4) is 0 Å². The number of aromatic nitrogens is 1. The lowest BCUT2D eigenvalue weighted by Crippen LogP contribution is -2.18. The van der Waals surface area contributed by atoms with Gasteiger partial charge in [0.1, 0.15) is 0 Å². The molecule has 72 valence electrons. The van der Waals surface area contributed by atoms with Gasteiger partial charge in [0.05, 0.1) is 5.75 Å². The van der Waals surface area contributed by atoms with Gasteiger partial charge in [-0.3, -0.25) is 4.98 Å². The van der Waals surface area contributed by atoms with Crippen LogP contribution in [0.2, 0.25) is 0 Å². The minimum atomic E-state index is -3.38. The summed E-state index contributed by atoms with van der Waals surface area (Å²) >= 11 is 0. The molecular formula is C8H12N2O2S. The second kappa shape index (κ2) is 3.85. The third kappa shape index (κ3) is 4.00. The maximum atomic E-state index is 10.6. The van der Waals surface area contributed by atoms with E-state index in [9.17, 15) is 8.42 Å². The summed E-state index contributed by atoms with van der Waals surface area (Å²) in [5.74, 6) is -0.0521. The molecule has 0 atom stereocenters. The van der Waals surface area contributed by atoms with Gasteiger partial charge in [0.2, 0.25) is 10.0 Å². The van der Waals surface area contributed by atoms with Crippen molar-refractivity contribution in [1.29, 1.82) is 0 Å². The van der Waals surface area contributed by atoms with Crippen LogP contribution < -0.4 is 5.14 Å². The number of nitrogens with zero attached hydrogens (tertiary/aromatic N) is 1. The van der Waals surface area contributed by atoms with Crippen molar-refractivity contribution >= 4 is 10.0 Å².